The summed E-state index contributed by atoms with van der Waals surface area (Å²) in [5.41, 5.74) is 5.06. The van der Waals surface area contributed by atoms with Crippen molar-refractivity contribution in [3.05, 3.63) is 59.2 Å². The summed E-state index contributed by atoms with van der Waals surface area (Å²) >= 11 is 1.21. The number of aromatic amines is 1. The van der Waals surface area contributed by atoms with E-state index in [-0.39, 0.29) is 24.1 Å². The third-order valence-electron chi connectivity index (χ3n) is 4.76. The molecule has 0 saturated carbocycles. The Kier molecular flexibility index (Phi) is 7.24. The van der Waals surface area contributed by atoms with Gasteiger partial charge in [-0.2, -0.15) is 0 Å². The molecule has 3 rings (SSSR count). The lowest BCUT2D eigenvalue weighted by Gasteiger charge is -2.10. The van der Waals surface area contributed by atoms with E-state index in [4.69, 9.17) is 0 Å². The number of thioether (sulfide) groups is 1. The van der Waals surface area contributed by atoms with E-state index in [0.717, 1.165) is 28.8 Å². The normalized spacial score (nSPS) is 10.6. The van der Waals surface area contributed by atoms with Gasteiger partial charge in [-0.15, -0.1) is 5.10 Å². The molecular weight excluding hydrogens is 398 g/mol. The zero-order valence-corrected chi connectivity index (χ0v) is 18.1. The van der Waals surface area contributed by atoms with Crippen LogP contribution in [0.25, 0.3) is 11.4 Å². The lowest BCUT2D eigenvalue weighted by molar-refractivity contribution is -0.122. The maximum atomic E-state index is 12.1. The Morgan fingerprint density at radius 1 is 1.07 bits per heavy atom. The van der Waals surface area contributed by atoms with E-state index >= 15 is 0 Å². The Morgan fingerprint density at radius 2 is 1.83 bits per heavy atom. The highest BCUT2D eigenvalue weighted by molar-refractivity contribution is 7.99. The number of aromatic nitrogens is 3. The minimum Gasteiger partial charge on any atom is -0.346 e. The number of rotatable bonds is 8. The van der Waals surface area contributed by atoms with Crippen LogP contribution in [0.3, 0.4) is 0 Å². The number of carbonyl (C=O) groups excluding carboxylic acids is 2. The molecule has 0 atom stereocenters. The van der Waals surface area contributed by atoms with Crippen LogP contribution in [0.2, 0.25) is 0 Å². The number of nitrogens with zero attached hydrogens (tertiary/aromatic N) is 2. The topological polar surface area (TPSA) is 99.8 Å². The van der Waals surface area contributed by atoms with Gasteiger partial charge in [0.15, 0.2) is 5.82 Å². The van der Waals surface area contributed by atoms with Crippen molar-refractivity contribution in [1.29, 1.82) is 0 Å². The van der Waals surface area contributed by atoms with Crippen LogP contribution >= 0.6 is 11.8 Å². The molecule has 30 heavy (non-hydrogen) atoms. The van der Waals surface area contributed by atoms with E-state index in [1.807, 2.05) is 44.2 Å². The smallest absolute Gasteiger partial charge is 0.243 e. The summed E-state index contributed by atoms with van der Waals surface area (Å²) in [7, 11) is 0. The minimum absolute atomic E-state index is 0.0875. The molecule has 7 nitrogen and oxygen atoms in total. The van der Waals surface area contributed by atoms with Crippen molar-refractivity contribution >= 4 is 29.3 Å². The number of benzene rings is 2. The summed E-state index contributed by atoms with van der Waals surface area (Å²) in [5, 5.41) is 13.0. The van der Waals surface area contributed by atoms with Gasteiger partial charge in [0.2, 0.25) is 17.0 Å². The predicted molar refractivity (Wildman–Crippen MR) is 119 cm³/mol. The number of anilines is 1. The monoisotopic (exact) mass is 423 g/mol. The van der Waals surface area contributed by atoms with Gasteiger partial charge in [0.25, 0.3) is 0 Å². The fraction of sp³-hybridized carbons (Fsp3) is 0.273. The molecule has 2 amide bonds. The van der Waals surface area contributed by atoms with E-state index in [9.17, 15) is 9.59 Å². The summed E-state index contributed by atoms with van der Waals surface area (Å²) in [6, 6.07) is 13.8. The molecule has 3 N–H and O–H groups in total. The van der Waals surface area contributed by atoms with Crippen molar-refractivity contribution in [3.63, 3.8) is 0 Å². The number of aryl methyl sites for hydroxylation is 2. The van der Waals surface area contributed by atoms with Crippen molar-refractivity contribution in [2.75, 3.05) is 17.6 Å². The van der Waals surface area contributed by atoms with Crippen LogP contribution in [0.1, 0.15) is 23.6 Å². The zero-order valence-electron chi connectivity index (χ0n) is 17.3. The number of carbonyl (C=O) groups is 2. The number of hydrogen-bond acceptors (Lipinski definition) is 5. The number of H-pyrrole nitrogens is 1. The van der Waals surface area contributed by atoms with Gasteiger partial charge in [0.1, 0.15) is 0 Å². The first-order valence-corrected chi connectivity index (χ1v) is 10.7. The number of hydrogen-bond donors (Lipinski definition) is 3. The summed E-state index contributed by atoms with van der Waals surface area (Å²) in [5.74, 6) is 0.268. The molecule has 0 aliphatic rings. The molecule has 0 unspecified atom stereocenters. The first kappa shape index (κ1) is 21.6. The Hall–Kier alpha value is -3.13. The van der Waals surface area contributed by atoms with Crippen LogP contribution in [0, 0.1) is 13.8 Å². The summed E-state index contributed by atoms with van der Waals surface area (Å²) in [6.45, 7) is 5.95. The SMILES string of the molecule is CCc1ccc(-c2nc(SCC(=O)NCC(=O)Nc3cccc(C)c3C)n[nH]2)cc1. The Balaban J connectivity index is 1.45. The van der Waals surface area contributed by atoms with Crippen molar-refractivity contribution in [2.45, 2.75) is 32.3 Å². The maximum absolute atomic E-state index is 12.1. The average Bonchev–Trinajstić information content (AvgIpc) is 3.23. The third kappa shape index (κ3) is 5.70. The lowest BCUT2D eigenvalue weighted by Crippen LogP contribution is -2.34. The lowest BCUT2D eigenvalue weighted by atomic mass is 10.1. The molecule has 2 aromatic carbocycles. The van der Waals surface area contributed by atoms with Crippen molar-refractivity contribution in [1.82, 2.24) is 20.5 Å². The summed E-state index contributed by atoms with van der Waals surface area (Å²) < 4.78 is 0. The highest BCUT2D eigenvalue weighted by atomic mass is 32.2. The van der Waals surface area contributed by atoms with Crippen molar-refractivity contribution < 1.29 is 9.59 Å². The molecule has 0 bridgehead atoms. The largest absolute Gasteiger partial charge is 0.346 e. The summed E-state index contributed by atoms with van der Waals surface area (Å²) in [6.07, 6.45) is 0.982. The maximum Gasteiger partial charge on any atom is 0.243 e. The van der Waals surface area contributed by atoms with Crippen LogP contribution in [0.15, 0.2) is 47.6 Å². The molecule has 0 aliphatic carbocycles. The Labute approximate surface area is 180 Å². The van der Waals surface area contributed by atoms with Gasteiger partial charge < -0.3 is 10.6 Å². The highest BCUT2D eigenvalue weighted by Crippen LogP contribution is 2.20. The molecule has 0 fully saturated rings. The molecule has 0 saturated heterocycles. The average molecular weight is 424 g/mol. The van der Waals surface area contributed by atoms with Crippen LogP contribution in [0.5, 0.6) is 0 Å². The molecule has 0 radical (unpaired) electrons. The Morgan fingerprint density at radius 3 is 2.57 bits per heavy atom. The first-order valence-electron chi connectivity index (χ1n) is 9.73. The van der Waals surface area contributed by atoms with E-state index in [0.29, 0.717) is 11.0 Å². The van der Waals surface area contributed by atoms with Gasteiger partial charge in [-0.1, -0.05) is 55.1 Å². The third-order valence-corrected chi connectivity index (χ3v) is 5.61. The number of nitrogens with one attached hydrogen (secondary N) is 3. The minimum atomic E-state index is -0.266. The van der Waals surface area contributed by atoms with Gasteiger partial charge in [0, 0.05) is 11.3 Å². The van der Waals surface area contributed by atoms with Crippen molar-refractivity contribution in [2.24, 2.45) is 0 Å². The standard InChI is InChI=1S/C22H25N5O2S/c1-4-16-8-10-17(11-9-16)21-25-22(27-26-21)30-13-20(29)23-12-19(28)24-18-7-5-6-14(2)15(18)3/h5-11H,4,12-13H2,1-3H3,(H,23,29)(H,24,28)(H,25,26,27). The van der Waals surface area contributed by atoms with Crippen LogP contribution in [-0.2, 0) is 16.0 Å². The summed E-state index contributed by atoms with van der Waals surface area (Å²) in [4.78, 5) is 28.6. The molecular formula is C22H25N5O2S. The molecule has 1 aromatic heterocycles. The van der Waals surface area contributed by atoms with Crippen LogP contribution in [-0.4, -0.2) is 39.3 Å². The number of amides is 2. The van der Waals surface area contributed by atoms with Crippen LogP contribution < -0.4 is 10.6 Å². The second-order valence-corrected chi connectivity index (χ2v) is 7.82. The van der Waals surface area contributed by atoms with Crippen molar-refractivity contribution in [3.8, 4) is 11.4 Å². The van der Waals surface area contributed by atoms with Gasteiger partial charge in [-0.25, -0.2) is 4.98 Å². The van der Waals surface area contributed by atoms with E-state index in [1.54, 1.807) is 0 Å². The van der Waals surface area contributed by atoms with Gasteiger partial charge in [0.05, 0.1) is 12.3 Å². The molecule has 1 heterocycles. The fourth-order valence-electron chi connectivity index (χ4n) is 2.78. The molecule has 156 valence electrons. The quantitative estimate of drug-likeness (QED) is 0.482. The van der Waals surface area contributed by atoms with Gasteiger partial charge in [-0.3, -0.25) is 14.7 Å². The fourth-order valence-corrected chi connectivity index (χ4v) is 3.41. The van der Waals surface area contributed by atoms with Gasteiger partial charge >= 0.3 is 0 Å². The Bertz CT molecular complexity index is 1030. The zero-order chi connectivity index (χ0) is 21.5. The predicted octanol–water partition coefficient (Wildman–Crippen LogP) is 3.50. The van der Waals surface area contributed by atoms with E-state index < -0.39 is 0 Å². The van der Waals surface area contributed by atoms with E-state index in [1.165, 1.54) is 17.3 Å². The van der Waals surface area contributed by atoms with E-state index in [2.05, 4.69) is 44.9 Å². The molecule has 8 heteroatoms. The molecule has 0 spiro atoms. The van der Waals surface area contributed by atoms with Gasteiger partial charge in [-0.05, 0) is 43.0 Å². The molecule has 0 aliphatic heterocycles. The second-order valence-electron chi connectivity index (χ2n) is 6.88. The second kappa shape index (κ2) is 10.1. The van der Waals surface area contributed by atoms with Crippen LogP contribution in [0.4, 0.5) is 5.69 Å². The highest BCUT2D eigenvalue weighted by Gasteiger charge is 2.11. The molecule has 3 aromatic rings. The first-order chi connectivity index (χ1) is 14.5.